The summed E-state index contributed by atoms with van der Waals surface area (Å²) in [6.07, 6.45) is 1.40. The Kier molecular flexibility index (Phi) is 4.20. The van der Waals surface area contributed by atoms with Gasteiger partial charge in [0.05, 0.1) is 16.9 Å². The van der Waals surface area contributed by atoms with E-state index in [1.54, 1.807) is 11.0 Å². The number of rotatable bonds is 3. The van der Waals surface area contributed by atoms with Gasteiger partial charge in [0.25, 0.3) is 11.8 Å². The quantitative estimate of drug-likeness (QED) is 0.906. The number of aromatic nitrogens is 1. The maximum Gasteiger partial charge on any atom is 0.267 e. The van der Waals surface area contributed by atoms with Crippen LogP contribution in [0.25, 0.3) is 0 Å². The summed E-state index contributed by atoms with van der Waals surface area (Å²) in [5.74, 6) is -0.372. The number of benzene rings is 1. The van der Waals surface area contributed by atoms with Crippen LogP contribution in [-0.2, 0) is 0 Å². The molecule has 1 atom stereocenters. The van der Waals surface area contributed by atoms with E-state index in [2.05, 4.69) is 24.1 Å². The van der Waals surface area contributed by atoms with E-state index in [0.29, 0.717) is 18.0 Å². The zero-order valence-corrected chi connectivity index (χ0v) is 13.7. The summed E-state index contributed by atoms with van der Waals surface area (Å²) in [4.78, 5) is 29.8. The van der Waals surface area contributed by atoms with Gasteiger partial charge in [-0.25, -0.2) is 0 Å². The molecule has 1 aliphatic heterocycles. The predicted molar refractivity (Wildman–Crippen MR) is 93.1 cm³/mol. The normalized spacial score (nSPS) is 16.5. The second-order valence-corrected chi connectivity index (χ2v) is 6.22. The highest BCUT2D eigenvalue weighted by Crippen LogP contribution is 2.33. The van der Waals surface area contributed by atoms with Crippen LogP contribution in [0.1, 0.15) is 34.7 Å². The molecule has 6 nitrogen and oxygen atoms in total. The smallest absolute Gasteiger partial charge is 0.267 e. The van der Waals surface area contributed by atoms with Crippen molar-refractivity contribution < 1.29 is 9.59 Å². The van der Waals surface area contributed by atoms with Gasteiger partial charge in [0, 0.05) is 18.8 Å². The molecular formula is C18H20N4O2. The molecule has 0 fully saturated rings. The Hall–Kier alpha value is -2.89. The summed E-state index contributed by atoms with van der Waals surface area (Å²) >= 11 is 0. The lowest BCUT2D eigenvalue weighted by molar-refractivity contribution is 0.0975. The minimum atomic E-state index is -0.610. The first kappa shape index (κ1) is 16.0. The summed E-state index contributed by atoms with van der Waals surface area (Å²) in [6.45, 7) is 4.82. The summed E-state index contributed by atoms with van der Waals surface area (Å²) in [5.41, 5.74) is 7.56. The van der Waals surface area contributed by atoms with E-state index in [0.717, 1.165) is 11.4 Å². The lowest BCUT2D eigenvalue weighted by Gasteiger charge is -2.37. The molecule has 24 heavy (non-hydrogen) atoms. The zero-order valence-electron chi connectivity index (χ0n) is 13.7. The lowest BCUT2D eigenvalue weighted by Crippen LogP contribution is -2.47. The summed E-state index contributed by atoms with van der Waals surface area (Å²) in [7, 11) is 0. The predicted octanol–water partition coefficient (Wildman–Crippen LogP) is 2.28. The van der Waals surface area contributed by atoms with E-state index in [-0.39, 0.29) is 17.6 Å². The van der Waals surface area contributed by atoms with Crippen molar-refractivity contribution in [3.05, 3.63) is 53.9 Å². The van der Waals surface area contributed by atoms with Crippen LogP contribution in [0.15, 0.2) is 42.6 Å². The molecule has 3 rings (SSSR count). The third kappa shape index (κ3) is 2.95. The molecule has 0 bridgehead atoms. The van der Waals surface area contributed by atoms with E-state index in [1.165, 1.54) is 12.3 Å². The number of carbonyl (C=O) groups excluding carboxylic acids is 2. The van der Waals surface area contributed by atoms with Crippen molar-refractivity contribution in [1.82, 2.24) is 4.98 Å². The van der Waals surface area contributed by atoms with Crippen LogP contribution in [0.3, 0.4) is 0 Å². The number of para-hydroxylation sites is 2. The molecule has 0 saturated carbocycles. The van der Waals surface area contributed by atoms with Gasteiger partial charge in [-0.3, -0.25) is 14.6 Å². The highest BCUT2D eigenvalue weighted by atomic mass is 16.2. The Morgan fingerprint density at radius 3 is 2.62 bits per heavy atom. The fraction of sp³-hybridized carbons (Fsp3) is 0.278. The molecule has 1 aliphatic rings. The largest absolute Gasteiger partial charge is 0.379 e. The average Bonchev–Trinajstić information content (AvgIpc) is 2.60. The number of anilines is 2. The van der Waals surface area contributed by atoms with Gasteiger partial charge >= 0.3 is 0 Å². The number of primary amides is 1. The number of carbonyl (C=O) groups is 2. The zero-order chi connectivity index (χ0) is 17.3. The molecule has 1 aromatic heterocycles. The second-order valence-electron chi connectivity index (χ2n) is 6.22. The van der Waals surface area contributed by atoms with Crippen LogP contribution in [0.2, 0.25) is 0 Å². The first-order valence-corrected chi connectivity index (χ1v) is 7.90. The first-order chi connectivity index (χ1) is 11.5. The minimum absolute atomic E-state index is 0.141. The SMILES string of the molecule is CC(C)[C@H]1CN(C(=O)c2ccc(C(N)=O)nc2)c2ccccc2N1. The second kappa shape index (κ2) is 6.31. The third-order valence-electron chi connectivity index (χ3n) is 4.23. The van der Waals surface area contributed by atoms with Crippen LogP contribution < -0.4 is 16.0 Å². The van der Waals surface area contributed by atoms with Gasteiger partial charge in [0.1, 0.15) is 5.69 Å². The number of hydrogen-bond donors (Lipinski definition) is 2. The molecular weight excluding hydrogens is 304 g/mol. The Morgan fingerprint density at radius 1 is 1.25 bits per heavy atom. The van der Waals surface area contributed by atoms with Crippen molar-refractivity contribution in [3.63, 3.8) is 0 Å². The molecule has 2 heterocycles. The van der Waals surface area contributed by atoms with Crippen molar-refractivity contribution in [2.45, 2.75) is 19.9 Å². The average molecular weight is 324 g/mol. The molecule has 2 amide bonds. The van der Waals surface area contributed by atoms with E-state index in [1.807, 2.05) is 24.3 Å². The molecule has 124 valence electrons. The van der Waals surface area contributed by atoms with Crippen LogP contribution in [0.4, 0.5) is 11.4 Å². The van der Waals surface area contributed by atoms with E-state index < -0.39 is 5.91 Å². The Bertz CT molecular complexity index is 771. The molecule has 0 saturated heterocycles. The number of amides is 2. The molecule has 0 radical (unpaired) electrons. The maximum absolute atomic E-state index is 13.0. The number of pyridine rings is 1. The highest BCUT2D eigenvalue weighted by molar-refractivity contribution is 6.08. The molecule has 1 aromatic carbocycles. The molecule has 0 aliphatic carbocycles. The van der Waals surface area contributed by atoms with Gasteiger partial charge in [0.2, 0.25) is 0 Å². The monoisotopic (exact) mass is 324 g/mol. The first-order valence-electron chi connectivity index (χ1n) is 7.90. The van der Waals surface area contributed by atoms with Crippen LogP contribution in [0.5, 0.6) is 0 Å². The highest BCUT2D eigenvalue weighted by Gasteiger charge is 2.30. The lowest BCUT2D eigenvalue weighted by atomic mass is 9.99. The fourth-order valence-electron chi connectivity index (χ4n) is 2.76. The van der Waals surface area contributed by atoms with Crippen molar-refractivity contribution in [3.8, 4) is 0 Å². The standard InChI is InChI=1S/C18H20N4O2/c1-11(2)15-10-22(16-6-4-3-5-13(16)21-15)18(24)12-7-8-14(17(19)23)20-9-12/h3-9,11,15,21H,10H2,1-2H3,(H2,19,23)/t15-/m1/s1. The Morgan fingerprint density at radius 2 is 2.00 bits per heavy atom. The number of hydrogen-bond acceptors (Lipinski definition) is 4. The summed E-state index contributed by atoms with van der Waals surface area (Å²) < 4.78 is 0. The van der Waals surface area contributed by atoms with Gasteiger partial charge in [-0.15, -0.1) is 0 Å². The van der Waals surface area contributed by atoms with E-state index in [4.69, 9.17) is 5.73 Å². The topological polar surface area (TPSA) is 88.3 Å². The van der Waals surface area contributed by atoms with Crippen molar-refractivity contribution in [1.29, 1.82) is 0 Å². The fourth-order valence-corrected chi connectivity index (χ4v) is 2.76. The Labute approximate surface area is 140 Å². The molecule has 0 unspecified atom stereocenters. The summed E-state index contributed by atoms with van der Waals surface area (Å²) in [5, 5.41) is 3.49. The number of fused-ring (bicyclic) bond motifs is 1. The van der Waals surface area contributed by atoms with Crippen molar-refractivity contribution in [2.24, 2.45) is 11.7 Å². The molecule has 2 aromatic rings. The van der Waals surface area contributed by atoms with Gasteiger partial charge < -0.3 is 16.0 Å². The van der Waals surface area contributed by atoms with Crippen LogP contribution in [-0.4, -0.2) is 29.4 Å². The number of nitrogens with two attached hydrogens (primary N) is 1. The molecule has 0 spiro atoms. The van der Waals surface area contributed by atoms with Crippen LogP contribution in [0, 0.1) is 5.92 Å². The summed E-state index contributed by atoms with van der Waals surface area (Å²) in [6, 6.07) is 11.0. The molecule has 6 heteroatoms. The van der Waals surface area contributed by atoms with Gasteiger partial charge in [-0.1, -0.05) is 26.0 Å². The van der Waals surface area contributed by atoms with E-state index in [9.17, 15) is 9.59 Å². The Balaban J connectivity index is 1.94. The van der Waals surface area contributed by atoms with E-state index >= 15 is 0 Å². The number of nitrogens with one attached hydrogen (secondary N) is 1. The number of nitrogens with zero attached hydrogens (tertiary/aromatic N) is 2. The van der Waals surface area contributed by atoms with Crippen molar-refractivity contribution in [2.75, 3.05) is 16.8 Å². The molecule has 3 N–H and O–H groups in total. The van der Waals surface area contributed by atoms with Crippen LogP contribution >= 0.6 is 0 Å². The maximum atomic E-state index is 13.0. The van der Waals surface area contributed by atoms with Crippen molar-refractivity contribution >= 4 is 23.2 Å². The minimum Gasteiger partial charge on any atom is -0.379 e. The van der Waals surface area contributed by atoms with Gasteiger partial charge in [-0.2, -0.15) is 0 Å². The van der Waals surface area contributed by atoms with Gasteiger partial charge in [-0.05, 0) is 30.2 Å². The third-order valence-corrected chi connectivity index (χ3v) is 4.23. The van der Waals surface area contributed by atoms with Gasteiger partial charge in [0.15, 0.2) is 0 Å².